The van der Waals surface area contributed by atoms with E-state index in [1.165, 1.54) is 12.1 Å². The Hall–Kier alpha value is -2.10. The molecule has 0 aromatic heterocycles. The molecule has 0 saturated carbocycles. The molecule has 0 radical (unpaired) electrons. The Morgan fingerprint density at radius 2 is 1.68 bits per heavy atom. The number of carboxylic acids is 1. The van der Waals surface area contributed by atoms with Gasteiger partial charge in [-0.05, 0) is 51.5 Å². The number of benzene rings is 1. The van der Waals surface area contributed by atoms with E-state index in [4.69, 9.17) is 9.84 Å². The highest BCUT2D eigenvalue weighted by atomic mass is 16.6. The Labute approximate surface area is 112 Å². The molecule has 0 aliphatic heterocycles. The number of aromatic carboxylic acids is 1. The first kappa shape index (κ1) is 15.0. The summed E-state index contributed by atoms with van der Waals surface area (Å²) in [5.74, 6) is -1.35. The van der Waals surface area contributed by atoms with Gasteiger partial charge in [-0.25, -0.2) is 9.59 Å². The number of carbonyl (C=O) groups is 2. The maximum absolute atomic E-state index is 11.8. The third kappa shape index (κ3) is 4.95. The van der Waals surface area contributed by atoms with Crippen molar-refractivity contribution in [2.75, 3.05) is 0 Å². The highest BCUT2D eigenvalue weighted by Gasteiger charge is 2.17. The normalized spacial score (nSPS) is 12.1. The summed E-state index contributed by atoms with van der Waals surface area (Å²) in [6.07, 6.45) is 1.67. The third-order valence-corrected chi connectivity index (χ3v) is 2.26. The van der Waals surface area contributed by atoms with Crippen molar-refractivity contribution in [3.05, 3.63) is 41.0 Å². The van der Waals surface area contributed by atoms with Crippen LogP contribution in [-0.4, -0.2) is 22.6 Å². The lowest BCUT2D eigenvalue weighted by molar-refractivity contribution is -0.149. The standard InChI is InChI=1S/C15H18O4/c1-10(14(18)19-15(2,3)4)9-11-5-7-12(8-6-11)13(16)17/h5-9H,1-4H3,(H,16,17)/b10-9+. The average Bonchev–Trinajstić information content (AvgIpc) is 2.27. The Morgan fingerprint density at radius 1 is 1.16 bits per heavy atom. The van der Waals surface area contributed by atoms with Gasteiger partial charge in [-0.1, -0.05) is 12.1 Å². The van der Waals surface area contributed by atoms with Gasteiger partial charge in [0.15, 0.2) is 0 Å². The zero-order valence-corrected chi connectivity index (χ0v) is 11.6. The van der Waals surface area contributed by atoms with E-state index in [2.05, 4.69) is 0 Å². The van der Waals surface area contributed by atoms with Gasteiger partial charge in [0, 0.05) is 5.57 Å². The van der Waals surface area contributed by atoms with Crippen molar-refractivity contribution in [3.63, 3.8) is 0 Å². The van der Waals surface area contributed by atoms with Crippen LogP contribution < -0.4 is 0 Å². The Morgan fingerprint density at radius 3 is 2.11 bits per heavy atom. The molecule has 4 heteroatoms. The highest BCUT2D eigenvalue weighted by molar-refractivity contribution is 5.93. The van der Waals surface area contributed by atoms with Gasteiger partial charge in [0.1, 0.15) is 5.60 Å². The van der Waals surface area contributed by atoms with Gasteiger partial charge in [-0.15, -0.1) is 0 Å². The van der Waals surface area contributed by atoms with Crippen LogP contribution in [-0.2, 0) is 9.53 Å². The lowest BCUT2D eigenvalue weighted by atomic mass is 10.1. The van der Waals surface area contributed by atoms with E-state index in [0.29, 0.717) is 5.57 Å². The predicted octanol–water partition coefficient (Wildman–Crippen LogP) is 3.13. The zero-order chi connectivity index (χ0) is 14.6. The van der Waals surface area contributed by atoms with Crippen molar-refractivity contribution >= 4 is 18.0 Å². The van der Waals surface area contributed by atoms with Gasteiger partial charge in [0.05, 0.1) is 5.56 Å². The number of rotatable bonds is 3. The zero-order valence-electron chi connectivity index (χ0n) is 11.6. The Kier molecular flexibility index (Phi) is 4.48. The number of hydrogen-bond acceptors (Lipinski definition) is 3. The minimum absolute atomic E-state index is 0.215. The first-order valence-electron chi connectivity index (χ1n) is 5.94. The minimum Gasteiger partial charge on any atom is -0.478 e. The molecule has 0 spiro atoms. The molecule has 0 fully saturated rings. The van der Waals surface area contributed by atoms with Gasteiger partial charge in [0.2, 0.25) is 0 Å². The minimum atomic E-state index is -0.973. The average molecular weight is 262 g/mol. The van der Waals surface area contributed by atoms with Crippen molar-refractivity contribution in [2.45, 2.75) is 33.3 Å². The van der Waals surface area contributed by atoms with Crippen LogP contribution in [0.2, 0.25) is 0 Å². The molecular weight excluding hydrogens is 244 g/mol. The maximum atomic E-state index is 11.8. The molecule has 19 heavy (non-hydrogen) atoms. The van der Waals surface area contributed by atoms with Gasteiger partial charge >= 0.3 is 11.9 Å². The van der Waals surface area contributed by atoms with Crippen molar-refractivity contribution in [1.82, 2.24) is 0 Å². The van der Waals surface area contributed by atoms with Crippen LogP contribution >= 0.6 is 0 Å². The van der Waals surface area contributed by atoms with E-state index < -0.39 is 11.6 Å². The van der Waals surface area contributed by atoms with Crippen LogP contribution in [0.5, 0.6) is 0 Å². The second-order valence-electron chi connectivity index (χ2n) is 5.26. The second kappa shape index (κ2) is 5.69. The largest absolute Gasteiger partial charge is 0.478 e. The fraction of sp³-hybridized carbons (Fsp3) is 0.333. The molecule has 1 aromatic carbocycles. The predicted molar refractivity (Wildman–Crippen MR) is 72.9 cm³/mol. The fourth-order valence-electron chi connectivity index (χ4n) is 1.39. The Bertz CT molecular complexity index is 504. The van der Waals surface area contributed by atoms with E-state index in [9.17, 15) is 9.59 Å². The van der Waals surface area contributed by atoms with Gasteiger partial charge in [0.25, 0.3) is 0 Å². The van der Waals surface area contributed by atoms with Crippen molar-refractivity contribution in [2.24, 2.45) is 0 Å². The molecule has 0 bridgehead atoms. The van der Waals surface area contributed by atoms with Crippen LogP contribution in [0.3, 0.4) is 0 Å². The summed E-state index contributed by atoms with van der Waals surface area (Å²) in [6.45, 7) is 7.08. The van der Waals surface area contributed by atoms with E-state index in [1.807, 2.05) is 0 Å². The molecule has 0 aliphatic carbocycles. The van der Waals surface area contributed by atoms with Crippen LogP contribution in [0.15, 0.2) is 29.8 Å². The van der Waals surface area contributed by atoms with Crippen LogP contribution in [0.4, 0.5) is 0 Å². The van der Waals surface area contributed by atoms with Crippen molar-refractivity contribution < 1.29 is 19.4 Å². The van der Waals surface area contributed by atoms with Gasteiger partial charge in [-0.3, -0.25) is 0 Å². The first-order valence-corrected chi connectivity index (χ1v) is 5.94. The van der Waals surface area contributed by atoms with E-state index in [0.717, 1.165) is 5.56 Å². The highest BCUT2D eigenvalue weighted by Crippen LogP contribution is 2.14. The molecule has 0 amide bonds. The van der Waals surface area contributed by atoms with Crippen LogP contribution in [0.1, 0.15) is 43.6 Å². The molecule has 0 heterocycles. The summed E-state index contributed by atoms with van der Waals surface area (Å²) in [4.78, 5) is 22.5. The molecule has 1 N–H and O–H groups in total. The van der Waals surface area contributed by atoms with Crippen LogP contribution in [0.25, 0.3) is 6.08 Å². The Balaban J connectivity index is 2.84. The molecule has 0 atom stereocenters. The fourth-order valence-corrected chi connectivity index (χ4v) is 1.39. The molecule has 1 aromatic rings. The molecule has 1 rings (SSSR count). The number of hydrogen-bond donors (Lipinski definition) is 1. The summed E-state index contributed by atoms with van der Waals surface area (Å²) in [5.41, 5.74) is 0.915. The van der Waals surface area contributed by atoms with Gasteiger partial charge in [-0.2, -0.15) is 0 Å². The number of esters is 1. The number of carbonyl (C=O) groups excluding carboxylic acids is 1. The SMILES string of the molecule is C/C(=C\c1ccc(C(=O)O)cc1)C(=O)OC(C)(C)C. The number of carboxylic acid groups (broad SMARTS) is 1. The molecule has 0 aliphatic rings. The lowest BCUT2D eigenvalue weighted by Gasteiger charge is -2.19. The molecular formula is C15H18O4. The second-order valence-corrected chi connectivity index (χ2v) is 5.26. The van der Waals surface area contributed by atoms with Crippen LogP contribution in [0, 0.1) is 0 Å². The summed E-state index contributed by atoms with van der Waals surface area (Å²) >= 11 is 0. The monoisotopic (exact) mass is 262 g/mol. The van der Waals surface area contributed by atoms with Crippen molar-refractivity contribution in [1.29, 1.82) is 0 Å². The van der Waals surface area contributed by atoms with E-state index in [1.54, 1.807) is 45.9 Å². The quantitative estimate of drug-likeness (QED) is 0.671. The summed E-state index contributed by atoms with van der Waals surface area (Å²) in [5, 5.41) is 8.78. The van der Waals surface area contributed by atoms with Crippen molar-refractivity contribution in [3.8, 4) is 0 Å². The summed E-state index contributed by atoms with van der Waals surface area (Å²) in [7, 11) is 0. The molecule has 0 unspecified atom stereocenters. The molecule has 4 nitrogen and oxygen atoms in total. The third-order valence-electron chi connectivity index (χ3n) is 2.26. The molecule has 102 valence electrons. The van der Waals surface area contributed by atoms with E-state index in [-0.39, 0.29) is 11.5 Å². The maximum Gasteiger partial charge on any atom is 0.335 e. The molecule has 0 saturated heterocycles. The first-order chi connectivity index (χ1) is 8.69. The van der Waals surface area contributed by atoms with E-state index >= 15 is 0 Å². The lowest BCUT2D eigenvalue weighted by Crippen LogP contribution is -2.24. The number of ether oxygens (including phenoxy) is 1. The topological polar surface area (TPSA) is 63.6 Å². The summed E-state index contributed by atoms with van der Waals surface area (Å²) in [6, 6.07) is 6.29. The summed E-state index contributed by atoms with van der Waals surface area (Å²) < 4.78 is 5.23. The van der Waals surface area contributed by atoms with Gasteiger partial charge < -0.3 is 9.84 Å². The smallest absolute Gasteiger partial charge is 0.335 e.